The van der Waals surface area contributed by atoms with Gasteiger partial charge in [0.05, 0.1) is 6.54 Å². The fourth-order valence-corrected chi connectivity index (χ4v) is 2.20. The monoisotopic (exact) mass is 338 g/mol. The third kappa shape index (κ3) is 4.74. The van der Waals surface area contributed by atoms with E-state index in [1.54, 1.807) is 19.1 Å². The second kappa shape index (κ2) is 7.53. The van der Waals surface area contributed by atoms with Gasteiger partial charge in [-0.2, -0.15) is 0 Å². The highest BCUT2D eigenvalue weighted by molar-refractivity contribution is 6.31. The number of hydrogen-bond acceptors (Lipinski definition) is 2. The zero-order chi connectivity index (χ0) is 17.0. The standard InChI is InChI=1S/C17H17ClF2N2O/c1-10-3-5-13(8-14(10)18)22-17(23)9-21-11(2)12-4-6-15(19)16(20)7-12/h3-8,11,21H,9H2,1-2H3,(H,22,23)/t11-/m1/s1. The van der Waals surface area contributed by atoms with Crippen molar-refractivity contribution in [3.05, 3.63) is 64.2 Å². The van der Waals surface area contributed by atoms with E-state index in [9.17, 15) is 13.6 Å². The molecule has 0 aliphatic carbocycles. The molecule has 0 fully saturated rings. The van der Waals surface area contributed by atoms with E-state index in [1.165, 1.54) is 6.07 Å². The summed E-state index contributed by atoms with van der Waals surface area (Å²) in [6.45, 7) is 3.67. The third-order valence-corrected chi connectivity index (χ3v) is 3.88. The summed E-state index contributed by atoms with van der Waals surface area (Å²) >= 11 is 6.00. The number of benzene rings is 2. The number of amides is 1. The maximum atomic E-state index is 13.2. The topological polar surface area (TPSA) is 41.1 Å². The first-order valence-electron chi connectivity index (χ1n) is 7.11. The van der Waals surface area contributed by atoms with Crippen LogP contribution in [0.4, 0.5) is 14.5 Å². The summed E-state index contributed by atoms with van der Waals surface area (Å²) in [5.74, 6) is -2.05. The van der Waals surface area contributed by atoms with Crippen LogP contribution in [0.2, 0.25) is 5.02 Å². The molecule has 122 valence electrons. The second-order valence-electron chi connectivity index (χ2n) is 5.29. The number of nitrogens with one attached hydrogen (secondary N) is 2. The normalized spacial score (nSPS) is 12.0. The summed E-state index contributed by atoms with van der Waals surface area (Å²) in [4.78, 5) is 11.9. The Bertz CT molecular complexity index is 722. The Morgan fingerprint density at radius 3 is 2.57 bits per heavy atom. The number of aryl methyl sites for hydroxylation is 1. The maximum Gasteiger partial charge on any atom is 0.238 e. The van der Waals surface area contributed by atoms with Gasteiger partial charge in [-0.3, -0.25) is 4.79 Å². The van der Waals surface area contributed by atoms with Crippen LogP contribution in [0.1, 0.15) is 24.1 Å². The largest absolute Gasteiger partial charge is 0.325 e. The lowest BCUT2D eigenvalue weighted by atomic mass is 10.1. The van der Waals surface area contributed by atoms with E-state index in [0.717, 1.165) is 17.7 Å². The van der Waals surface area contributed by atoms with Gasteiger partial charge in [0, 0.05) is 16.8 Å². The van der Waals surface area contributed by atoms with Gasteiger partial charge in [-0.1, -0.05) is 23.7 Å². The Morgan fingerprint density at radius 2 is 1.91 bits per heavy atom. The fourth-order valence-electron chi connectivity index (χ4n) is 2.02. The molecule has 0 radical (unpaired) electrons. The van der Waals surface area contributed by atoms with Crippen LogP contribution in [-0.4, -0.2) is 12.5 Å². The van der Waals surface area contributed by atoms with Crippen LogP contribution in [0.5, 0.6) is 0 Å². The van der Waals surface area contributed by atoms with Crippen molar-refractivity contribution in [3.63, 3.8) is 0 Å². The van der Waals surface area contributed by atoms with E-state index in [2.05, 4.69) is 10.6 Å². The van der Waals surface area contributed by atoms with Crippen molar-refractivity contribution >= 4 is 23.2 Å². The van der Waals surface area contributed by atoms with Crippen molar-refractivity contribution in [2.24, 2.45) is 0 Å². The molecule has 23 heavy (non-hydrogen) atoms. The lowest BCUT2D eigenvalue weighted by molar-refractivity contribution is -0.115. The average molecular weight is 339 g/mol. The van der Waals surface area contributed by atoms with Gasteiger partial charge in [-0.25, -0.2) is 8.78 Å². The highest BCUT2D eigenvalue weighted by atomic mass is 35.5. The second-order valence-corrected chi connectivity index (χ2v) is 5.70. The molecule has 2 aromatic carbocycles. The summed E-state index contributed by atoms with van der Waals surface area (Å²) < 4.78 is 26.1. The van der Waals surface area contributed by atoms with Gasteiger partial charge in [-0.15, -0.1) is 0 Å². The minimum atomic E-state index is -0.908. The molecule has 0 heterocycles. The van der Waals surface area contributed by atoms with Crippen LogP contribution < -0.4 is 10.6 Å². The molecule has 0 unspecified atom stereocenters. The van der Waals surface area contributed by atoms with Crippen molar-refractivity contribution < 1.29 is 13.6 Å². The molecule has 0 saturated carbocycles. The molecule has 2 rings (SSSR count). The SMILES string of the molecule is Cc1ccc(NC(=O)CN[C@H](C)c2ccc(F)c(F)c2)cc1Cl. The Labute approximate surface area is 138 Å². The first kappa shape index (κ1) is 17.4. The van der Waals surface area contributed by atoms with Gasteiger partial charge in [0.15, 0.2) is 11.6 Å². The van der Waals surface area contributed by atoms with Crippen molar-refractivity contribution in [1.29, 1.82) is 0 Å². The lowest BCUT2D eigenvalue weighted by Gasteiger charge is -2.14. The fraction of sp³-hybridized carbons (Fsp3) is 0.235. The molecular weight excluding hydrogens is 322 g/mol. The zero-order valence-electron chi connectivity index (χ0n) is 12.8. The summed E-state index contributed by atoms with van der Waals surface area (Å²) in [5, 5.41) is 6.25. The van der Waals surface area contributed by atoms with Crippen LogP contribution in [0, 0.1) is 18.6 Å². The van der Waals surface area contributed by atoms with Gasteiger partial charge in [-0.05, 0) is 49.2 Å². The molecule has 6 heteroatoms. The Hall–Kier alpha value is -1.98. The van der Waals surface area contributed by atoms with E-state index in [-0.39, 0.29) is 18.5 Å². The Kier molecular flexibility index (Phi) is 5.69. The Morgan fingerprint density at radius 1 is 1.17 bits per heavy atom. The molecule has 0 aliphatic rings. The number of anilines is 1. The number of carbonyl (C=O) groups is 1. The molecule has 0 bridgehead atoms. The molecule has 0 aromatic heterocycles. The predicted octanol–water partition coefficient (Wildman–Crippen LogP) is 4.22. The van der Waals surface area contributed by atoms with Crippen LogP contribution in [0.3, 0.4) is 0 Å². The van der Waals surface area contributed by atoms with E-state index in [0.29, 0.717) is 16.3 Å². The molecule has 0 saturated heterocycles. The van der Waals surface area contributed by atoms with E-state index >= 15 is 0 Å². The van der Waals surface area contributed by atoms with Gasteiger partial charge in [0.25, 0.3) is 0 Å². The van der Waals surface area contributed by atoms with Crippen molar-refractivity contribution in [2.45, 2.75) is 19.9 Å². The number of halogens is 3. The number of carbonyl (C=O) groups excluding carboxylic acids is 1. The molecular formula is C17H17ClF2N2O. The van der Waals surface area contributed by atoms with Crippen LogP contribution >= 0.6 is 11.6 Å². The number of rotatable bonds is 5. The summed E-state index contributed by atoms with van der Waals surface area (Å²) in [5.41, 5.74) is 2.10. The lowest BCUT2D eigenvalue weighted by Crippen LogP contribution is -2.30. The zero-order valence-corrected chi connectivity index (χ0v) is 13.5. The first-order chi connectivity index (χ1) is 10.9. The molecule has 0 spiro atoms. The molecule has 2 aromatic rings. The summed E-state index contributed by atoms with van der Waals surface area (Å²) in [6.07, 6.45) is 0. The summed E-state index contributed by atoms with van der Waals surface area (Å²) in [7, 11) is 0. The van der Waals surface area contributed by atoms with Gasteiger partial charge < -0.3 is 10.6 Å². The van der Waals surface area contributed by atoms with E-state index < -0.39 is 11.6 Å². The molecule has 1 atom stereocenters. The Balaban J connectivity index is 1.90. The quantitative estimate of drug-likeness (QED) is 0.857. The van der Waals surface area contributed by atoms with E-state index in [1.807, 2.05) is 13.0 Å². The molecule has 3 nitrogen and oxygen atoms in total. The minimum absolute atomic E-state index is 0.0334. The van der Waals surface area contributed by atoms with Crippen molar-refractivity contribution in [3.8, 4) is 0 Å². The van der Waals surface area contributed by atoms with Gasteiger partial charge in [0.1, 0.15) is 0 Å². The van der Waals surface area contributed by atoms with Crippen molar-refractivity contribution in [2.75, 3.05) is 11.9 Å². The predicted molar refractivity (Wildman–Crippen MR) is 87.6 cm³/mol. The third-order valence-electron chi connectivity index (χ3n) is 3.47. The van der Waals surface area contributed by atoms with Gasteiger partial charge >= 0.3 is 0 Å². The highest BCUT2D eigenvalue weighted by Crippen LogP contribution is 2.20. The maximum absolute atomic E-state index is 13.2. The summed E-state index contributed by atoms with van der Waals surface area (Å²) in [6, 6.07) is 8.62. The highest BCUT2D eigenvalue weighted by Gasteiger charge is 2.11. The van der Waals surface area contributed by atoms with E-state index in [4.69, 9.17) is 11.6 Å². The minimum Gasteiger partial charge on any atom is -0.325 e. The first-order valence-corrected chi connectivity index (χ1v) is 7.49. The van der Waals surface area contributed by atoms with Crippen LogP contribution in [0.25, 0.3) is 0 Å². The van der Waals surface area contributed by atoms with Gasteiger partial charge in [0.2, 0.25) is 5.91 Å². The molecule has 0 aliphatic heterocycles. The smallest absolute Gasteiger partial charge is 0.238 e. The van der Waals surface area contributed by atoms with Crippen molar-refractivity contribution in [1.82, 2.24) is 5.32 Å². The van der Waals surface area contributed by atoms with Crippen LogP contribution in [-0.2, 0) is 4.79 Å². The average Bonchev–Trinajstić information content (AvgIpc) is 2.51. The number of hydrogen-bond donors (Lipinski definition) is 2. The molecule has 1 amide bonds. The molecule has 2 N–H and O–H groups in total. The van der Waals surface area contributed by atoms with Crippen LogP contribution in [0.15, 0.2) is 36.4 Å².